The van der Waals surface area contributed by atoms with Crippen LogP contribution in [0.15, 0.2) is 0 Å². The fraction of sp³-hybridized carbons (Fsp3) is 1.00. The molecule has 0 saturated heterocycles. The lowest BCUT2D eigenvalue weighted by Gasteiger charge is -2.15. The van der Waals surface area contributed by atoms with Crippen LogP contribution in [-0.4, -0.2) is 20.3 Å². The summed E-state index contributed by atoms with van der Waals surface area (Å²) in [6.07, 6.45) is 10.9. The zero-order valence-electron chi connectivity index (χ0n) is 13.0. The van der Waals surface area contributed by atoms with Crippen LogP contribution in [0.2, 0.25) is 0 Å². The van der Waals surface area contributed by atoms with E-state index in [-0.39, 0.29) is 11.9 Å². The first-order valence-electron chi connectivity index (χ1n) is 7.96. The third-order valence-corrected chi connectivity index (χ3v) is 4.80. The van der Waals surface area contributed by atoms with E-state index >= 15 is 0 Å². The molecule has 0 aliphatic carbocycles. The second kappa shape index (κ2) is 11.7. The largest absolute Gasteiger partial charge is 0.267 e. The molecule has 0 spiro atoms. The van der Waals surface area contributed by atoms with Crippen LogP contribution in [0, 0.1) is 0 Å². The second-order valence-corrected chi connectivity index (χ2v) is 7.01. The van der Waals surface area contributed by atoms with E-state index in [1.807, 2.05) is 13.8 Å². The summed E-state index contributed by atoms with van der Waals surface area (Å²) >= 11 is 0. The van der Waals surface area contributed by atoms with Crippen molar-refractivity contribution in [1.29, 1.82) is 0 Å². The van der Waals surface area contributed by atoms with Crippen molar-refractivity contribution in [2.24, 2.45) is 0 Å². The first kappa shape index (κ1) is 18.9. The molecule has 0 saturated carbocycles. The van der Waals surface area contributed by atoms with Gasteiger partial charge in [-0.05, 0) is 19.3 Å². The molecule has 0 radical (unpaired) electrons. The Hall–Kier alpha value is -0.0900. The van der Waals surface area contributed by atoms with Gasteiger partial charge in [-0.2, -0.15) is 8.42 Å². The molecule has 0 rings (SSSR count). The molecular weight excluding hydrogens is 260 g/mol. The van der Waals surface area contributed by atoms with E-state index in [1.54, 1.807) is 0 Å². The van der Waals surface area contributed by atoms with E-state index in [1.165, 1.54) is 38.5 Å². The standard InChI is InChI=1S/C15H32O3S/c1-4-7-8-9-10-11-12-13-15(6-3)18-19(16,17)14-5-2/h15H,4-14H2,1-3H3. The highest BCUT2D eigenvalue weighted by atomic mass is 32.2. The van der Waals surface area contributed by atoms with Gasteiger partial charge in [0, 0.05) is 0 Å². The van der Waals surface area contributed by atoms with Crippen molar-refractivity contribution < 1.29 is 12.6 Å². The van der Waals surface area contributed by atoms with E-state index in [2.05, 4.69) is 6.92 Å². The molecule has 4 heteroatoms. The average Bonchev–Trinajstić information content (AvgIpc) is 2.36. The SMILES string of the molecule is CCCCCCCCCC(CC)OS(=O)(=O)CCC. The van der Waals surface area contributed by atoms with Gasteiger partial charge in [0.05, 0.1) is 11.9 Å². The molecule has 3 nitrogen and oxygen atoms in total. The molecule has 0 aliphatic heterocycles. The van der Waals surface area contributed by atoms with Crippen molar-refractivity contribution in [2.45, 2.75) is 91.1 Å². The van der Waals surface area contributed by atoms with Gasteiger partial charge < -0.3 is 0 Å². The molecule has 0 bridgehead atoms. The zero-order valence-corrected chi connectivity index (χ0v) is 13.8. The highest BCUT2D eigenvalue weighted by Gasteiger charge is 2.16. The lowest BCUT2D eigenvalue weighted by Crippen LogP contribution is -2.19. The van der Waals surface area contributed by atoms with Crippen molar-refractivity contribution in [3.05, 3.63) is 0 Å². The Balaban J connectivity index is 3.71. The molecule has 0 aliphatic rings. The van der Waals surface area contributed by atoms with Gasteiger partial charge >= 0.3 is 0 Å². The summed E-state index contributed by atoms with van der Waals surface area (Å²) in [6, 6.07) is 0. The first-order chi connectivity index (χ1) is 9.05. The minimum atomic E-state index is -3.30. The summed E-state index contributed by atoms with van der Waals surface area (Å²) in [5.74, 6) is 0.139. The molecule has 0 N–H and O–H groups in total. The van der Waals surface area contributed by atoms with Crippen LogP contribution >= 0.6 is 0 Å². The molecule has 0 amide bonds. The molecule has 0 heterocycles. The van der Waals surface area contributed by atoms with Crippen LogP contribution in [0.1, 0.15) is 85.0 Å². The Morgan fingerprint density at radius 1 is 0.842 bits per heavy atom. The summed E-state index contributed by atoms with van der Waals surface area (Å²) in [6.45, 7) is 6.07. The van der Waals surface area contributed by atoms with Gasteiger partial charge in [0.25, 0.3) is 10.1 Å². The fourth-order valence-electron chi connectivity index (χ4n) is 2.15. The van der Waals surface area contributed by atoms with Crippen molar-refractivity contribution in [2.75, 3.05) is 5.75 Å². The van der Waals surface area contributed by atoms with Crippen LogP contribution in [0.25, 0.3) is 0 Å². The Morgan fingerprint density at radius 2 is 1.42 bits per heavy atom. The van der Waals surface area contributed by atoms with E-state index in [9.17, 15) is 8.42 Å². The zero-order chi connectivity index (χ0) is 14.6. The minimum absolute atomic E-state index is 0.118. The molecule has 19 heavy (non-hydrogen) atoms. The highest BCUT2D eigenvalue weighted by molar-refractivity contribution is 7.86. The van der Waals surface area contributed by atoms with Gasteiger partial charge in [-0.15, -0.1) is 0 Å². The maximum absolute atomic E-state index is 11.6. The number of rotatable bonds is 13. The predicted molar refractivity (Wildman–Crippen MR) is 81.9 cm³/mol. The Bertz CT molecular complexity index is 286. The Morgan fingerprint density at radius 3 is 1.95 bits per heavy atom. The first-order valence-corrected chi connectivity index (χ1v) is 9.54. The van der Waals surface area contributed by atoms with Crippen molar-refractivity contribution in [3.8, 4) is 0 Å². The predicted octanol–water partition coefficient (Wildman–Crippen LogP) is 4.66. The van der Waals surface area contributed by atoms with E-state index in [0.29, 0.717) is 6.42 Å². The third kappa shape index (κ3) is 11.4. The van der Waals surface area contributed by atoms with E-state index < -0.39 is 10.1 Å². The van der Waals surface area contributed by atoms with Crippen LogP contribution in [-0.2, 0) is 14.3 Å². The third-order valence-electron chi connectivity index (χ3n) is 3.32. The van der Waals surface area contributed by atoms with Gasteiger partial charge in [-0.3, -0.25) is 4.18 Å². The number of hydrogen-bond acceptors (Lipinski definition) is 3. The Labute approximate surface area is 120 Å². The van der Waals surface area contributed by atoms with Gasteiger partial charge in [-0.25, -0.2) is 0 Å². The van der Waals surface area contributed by atoms with Crippen LogP contribution in [0.4, 0.5) is 0 Å². The van der Waals surface area contributed by atoms with Gasteiger partial charge in [-0.1, -0.05) is 65.7 Å². The molecule has 0 aromatic heterocycles. The summed E-state index contributed by atoms with van der Waals surface area (Å²) < 4.78 is 28.4. The Kier molecular flexibility index (Phi) is 11.7. The highest BCUT2D eigenvalue weighted by Crippen LogP contribution is 2.15. The van der Waals surface area contributed by atoms with E-state index in [0.717, 1.165) is 19.3 Å². The lowest BCUT2D eigenvalue weighted by molar-refractivity contribution is 0.190. The van der Waals surface area contributed by atoms with Crippen LogP contribution in [0.5, 0.6) is 0 Å². The maximum atomic E-state index is 11.6. The monoisotopic (exact) mass is 292 g/mol. The summed E-state index contributed by atoms with van der Waals surface area (Å²) in [5, 5.41) is 0. The van der Waals surface area contributed by atoms with Crippen molar-refractivity contribution in [1.82, 2.24) is 0 Å². The number of unbranched alkanes of at least 4 members (excludes halogenated alkanes) is 6. The molecule has 1 atom stereocenters. The maximum Gasteiger partial charge on any atom is 0.267 e. The molecule has 0 aromatic rings. The fourth-order valence-corrected chi connectivity index (χ4v) is 3.40. The normalized spacial score (nSPS) is 13.6. The molecule has 116 valence electrons. The summed E-state index contributed by atoms with van der Waals surface area (Å²) in [5.41, 5.74) is 0. The number of hydrogen-bond donors (Lipinski definition) is 0. The quantitative estimate of drug-likeness (QED) is 0.366. The van der Waals surface area contributed by atoms with Crippen molar-refractivity contribution in [3.63, 3.8) is 0 Å². The minimum Gasteiger partial charge on any atom is -0.267 e. The van der Waals surface area contributed by atoms with E-state index in [4.69, 9.17) is 4.18 Å². The molecule has 0 aromatic carbocycles. The second-order valence-electron chi connectivity index (χ2n) is 5.30. The molecule has 1 unspecified atom stereocenters. The van der Waals surface area contributed by atoms with Crippen LogP contribution < -0.4 is 0 Å². The topological polar surface area (TPSA) is 43.4 Å². The lowest BCUT2D eigenvalue weighted by atomic mass is 10.1. The molecular formula is C15H32O3S. The average molecular weight is 292 g/mol. The smallest absolute Gasteiger partial charge is 0.267 e. The summed E-state index contributed by atoms with van der Waals surface area (Å²) in [7, 11) is -3.30. The van der Waals surface area contributed by atoms with Gasteiger partial charge in [0.1, 0.15) is 0 Å². The van der Waals surface area contributed by atoms with Crippen molar-refractivity contribution >= 4 is 10.1 Å². The summed E-state index contributed by atoms with van der Waals surface area (Å²) in [4.78, 5) is 0. The van der Waals surface area contributed by atoms with Gasteiger partial charge in [0.15, 0.2) is 0 Å². The van der Waals surface area contributed by atoms with Crippen LogP contribution in [0.3, 0.4) is 0 Å². The van der Waals surface area contributed by atoms with Gasteiger partial charge in [0.2, 0.25) is 0 Å². The molecule has 0 fully saturated rings.